The fraction of sp³-hybridized carbons (Fsp3) is 1.00. The monoisotopic (exact) mass is 784 g/mol. The van der Waals surface area contributed by atoms with Crippen molar-refractivity contribution in [2.75, 3.05) is 13.2 Å². The van der Waals surface area contributed by atoms with Gasteiger partial charge in [0.1, 0.15) is 42.7 Å². The Morgan fingerprint density at radius 3 is 2.05 bits per heavy atom. The quantitative estimate of drug-likeness (QED) is 0.162. The number of hydrogen-bond acceptors (Lipinski definition) is 14. The van der Waals surface area contributed by atoms with Crippen molar-refractivity contribution in [1.82, 2.24) is 0 Å². The van der Waals surface area contributed by atoms with Crippen LogP contribution in [0.5, 0.6) is 0 Å². The van der Waals surface area contributed by atoms with Gasteiger partial charge in [-0.1, -0.05) is 27.7 Å². The van der Waals surface area contributed by atoms with Crippen LogP contribution in [-0.2, 0) is 23.7 Å². The van der Waals surface area contributed by atoms with Crippen molar-refractivity contribution in [3.8, 4) is 0 Å². The summed E-state index contributed by atoms with van der Waals surface area (Å²) in [4.78, 5) is 0. The van der Waals surface area contributed by atoms with Crippen molar-refractivity contribution in [2.24, 2.45) is 44.8 Å². The number of hydrogen-bond donors (Lipinski definition) is 9. The van der Waals surface area contributed by atoms with E-state index in [0.29, 0.717) is 25.7 Å². The summed E-state index contributed by atoms with van der Waals surface area (Å²) in [5, 5.41) is 97.2. The lowest BCUT2D eigenvalue weighted by Gasteiger charge is -2.65. The summed E-state index contributed by atoms with van der Waals surface area (Å²) in [5.74, 6) is -0.215. The van der Waals surface area contributed by atoms with E-state index in [-0.39, 0.29) is 52.1 Å². The van der Waals surface area contributed by atoms with E-state index in [2.05, 4.69) is 34.6 Å². The Bertz CT molecular complexity index is 1460. The first kappa shape index (κ1) is 41.2. The van der Waals surface area contributed by atoms with Crippen molar-refractivity contribution < 1.29 is 69.6 Å². The van der Waals surface area contributed by atoms with Gasteiger partial charge >= 0.3 is 0 Å². The molecule has 55 heavy (non-hydrogen) atoms. The van der Waals surface area contributed by atoms with Gasteiger partial charge in [-0.15, -0.1) is 0 Å². The van der Waals surface area contributed by atoms with Crippen LogP contribution in [0.3, 0.4) is 0 Å². The fourth-order valence-electron chi connectivity index (χ4n) is 14.9. The molecule has 8 rings (SSSR count). The first-order valence-electron chi connectivity index (χ1n) is 20.9. The molecule has 3 saturated heterocycles. The van der Waals surface area contributed by atoms with Crippen LogP contribution in [-0.4, -0.2) is 150 Å². The maximum Gasteiger partial charge on any atom is 0.186 e. The predicted molar refractivity (Wildman–Crippen MR) is 194 cm³/mol. The summed E-state index contributed by atoms with van der Waals surface area (Å²) >= 11 is 0. The number of ether oxygens (including phenoxy) is 5. The first-order valence-corrected chi connectivity index (χ1v) is 20.9. The highest BCUT2D eigenvalue weighted by atomic mass is 16.7. The molecule has 9 N–H and O–H groups in total. The second-order valence-corrected chi connectivity index (χ2v) is 21.1. The lowest BCUT2D eigenvalue weighted by atomic mass is 9.41. The summed E-state index contributed by atoms with van der Waals surface area (Å²) < 4.78 is 31.9. The van der Waals surface area contributed by atoms with Gasteiger partial charge in [-0.25, -0.2) is 0 Å². The Morgan fingerprint density at radius 2 is 1.40 bits per heavy atom. The van der Waals surface area contributed by atoms with E-state index in [1.54, 1.807) is 13.8 Å². The number of aliphatic hydroxyl groups excluding tert-OH is 8. The van der Waals surface area contributed by atoms with E-state index in [9.17, 15) is 46.0 Å². The molecule has 0 unspecified atom stereocenters. The molecular weight excluding hydrogens is 716 g/mol. The number of rotatable bonds is 7. The molecule has 21 atom stereocenters. The molecule has 0 amide bonds. The third kappa shape index (κ3) is 5.70. The van der Waals surface area contributed by atoms with Crippen LogP contribution >= 0.6 is 0 Å². The molecule has 3 heterocycles. The molecule has 14 heteroatoms. The molecule has 3 aliphatic heterocycles. The van der Waals surface area contributed by atoms with Crippen molar-refractivity contribution in [3.05, 3.63) is 0 Å². The zero-order valence-corrected chi connectivity index (χ0v) is 33.6. The largest absolute Gasteiger partial charge is 0.394 e. The van der Waals surface area contributed by atoms with Crippen LogP contribution in [0.15, 0.2) is 0 Å². The molecule has 8 aliphatic rings. The Kier molecular flexibility index (Phi) is 9.90. The predicted octanol–water partition coefficient (Wildman–Crippen LogP) is 0.724. The van der Waals surface area contributed by atoms with Gasteiger partial charge in [0, 0.05) is 5.92 Å². The minimum Gasteiger partial charge on any atom is -0.394 e. The lowest BCUT2D eigenvalue weighted by molar-refractivity contribution is -0.339. The molecule has 0 aromatic carbocycles. The molecule has 5 saturated carbocycles. The van der Waals surface area contributed by atoms with E-state index < -0.39 is 96.8 Å². The fourth-order valence-corrected chi connectivity index (χ4v) is 14.9. The summed E-state index contributed by atoms with van der Waals surface area (Å²) in [5.41, 5.74) is -3.16. The zero-order chi connectivity index (χ0) is 40.1. The van der Waals surface area contributed by atoms with Crippen molar-refractivity contribution >= 4 is 0 Å². The lowest BCUT2D eigenvalue weighted by Crippen LogP contribution is -2.65. The molecule has 5 aliphatic carbocycles. The van der Waals surface area contributed by atoms with E-state index in [1.807, 2.05) is 0 Å². The van der Waals surface area contributed by atoms with Gasteiger partial charge in [0.05, 0.1) is 48.8 Å². The molecule has 0 radical (unpaired) electrons. The summed E-state index contributed by atoms with van der Waals surface area (Å²) in [6.07, 6.45) is -7.48. The number of fused-ring (bicyclic) bond motifs is 2. The Hall–Kier alpha value is -0.560. The van der Waals surface area contributed by atoms with Gasteiger partial charge in [-0.3, -0.25) is 0 Å². The van der Waals surface area contributed by atoms with Gasteiger partial charge in [-0.05, 0) is 117 Å². The van der Waals surface area contributed by atoms with E-state index >= 15 is 0 Å². The standard InChI is InChI=1S/C41H68O14/c1-35(2)24(54-33-29(48)26(45)20(44)17-51-33)9-11-41-18-40(41)13-12-37(5)31(39(7)10-8-25(55-39)36(3,4)50)19(43)15-38(37,6)23(40)14-21(32(35)41)52-34-30(49)28(47)27(46)22(16-42)53-34/h19-34,42-50H,8-18H2,1-7H3/t19-,20+,21-,22-,23-,24-,25+,26-,27-,28+,29+,30-,31-,32+,33-,34-,37+,38-,39+,40-,41+/m0/s1. The third-order valence-corrected chi connectivity index (χ3v) is 17.6. The summed E-state index contributed by atoms with van der Waals surface area (Å²) in [6, 6.07) is 0. The van der Waals surface area contributed by atoms with Crippen LogP contribution in [0.4, 0.5) is 0 Å². The normalized spacial score (nSPS) is 58.7. The van der Waals surface area contributed by atoms with E-state index in [0.717, 1.165) is 32.1 Å². The number of aliphatic hydroxyl groups is 9. The van der Waals surface area contributed by atoms with Gasteiger partial charge in [0.15, 0.2) is 12.6 Å². The average Bonchev–Trinajstić information content (AvgIpc) is 3.47. The summed E-state index contributed by atoms with van der Waals surface area (Å²) in [7, 11) is 0. The van der Waals surface area contributed by atoms with Gasteiger partial charge in [0.25, 0.3) is 0 Å². The SMILES string of the molecule is CC(C)(O)[C@H]1CC[C@](C)([C@H]2[C@@H](O)C[C@@]3(C)[C@@H]4C[C@H](O[C@H]5O[C@@H](CO)[C@H](O)[C@@H](O)[C@@H]5O)[C@@H]5C(C)(C)[C@@H](O[C@@H]6OC[C@@H](O)[C@H](O)[C@H]6O)CC[C@@]56C[C@@]46CC[C@]23C)O1. The maximum absolute atomic E-state index is 12.2. The highest BCUT2D eigenvalue weighted by Crippen LogP contribution is 2.89. The first-order chi connectivity index (χ1) is 25.5. The van der Waals surface area contributed by atoms with Gasteiger partial charge in [-0.2, -0.15) is 0 Å². The van der Waals surface area contributed by atoms with E-state index in [1.165, 1.54) is 0 Å². The minimum absolute atomic E-state index is 0.0633. The Balaban J connectivity index is 1.15. The summed E-state index contributed by atoms with van der Waals surface area (Å²) in [6.45, 7) is 13.8. The van der Waals surface area contributed by atoms with Crippen LogP contribution < -0.4 is 0 Å². The van der Waals surface area contributed by atoms with Gasteiger partial charge in [0.2, 0.25) is 0 Å². The average molecular weight is 785 g/mol. The molecule has 2 spiro atoms. The van der Waals surface area contributed by atoms with Crippen LogP contribution in [0.1, 0.15) is 106 Å². The van der Waals surface area contributed by atoms with E-state index in [4.69, 9.17) is 23.7 Å². The van der Waals surface area contributed by atoms with Crippen molar-refractivity contribution in [3.63, 3.8) is 0 Å². The molecular formula is C41H68O14. The molecule has 8 fully saturated rings. The topological polar surface area (TPSA) is 228 Å². The molecule has 14 nitrogen and oxygen atoms in total. The third-order valence-electron chi connectivity index (χ3n) is 17.6. The minimum atomic E-state index is -1.60. The highest BCUT2D eigenvalue weighted by molar-refractivity contribution is 5.33. The van der Waals surface area contributed by atoms with Crippen molar-refractivity contribution in [1.29, 1.82) is 0 Å². The molecule has 0 bridgehead atoms. The smallest absolute Gasteiger partial charge is 0.186 e. The van der Waals surface area contributed by atoms with Crippen LogP contribution in [0.25, 0.3) is 0 Å². The van der Waals surface area contributed by atoms with Gasteiger partial charge < -0.3 is 69.6 Å². The molecule has 0 aromatic heterocycles. The highest BCUT2D eigenvalue weighted by Gasteiger charge is 2.85. The van der Waals surface area contributed by atoms with Crippen LogP contribution in [0, 0.1) is 44.8 Å². The maximum atomic E-state index is 12.2. The Morgan fingerprint density at radius 1 is 0.709 bits per heavy atom. The zero-order valence-electron chi connectivity index (χ0n) is 33.6. The Labute approximate surface area is 324 Å². The molecule has 0 aromatic rings. The van der Waals surface area contributed by atoms with Crippen molar-refractivity contribution in [2.45, 2.75) is 197 Å². The second kappa shape index (κ2) is 13.2. The second-order valence-electron chi connectivity index (χ2n) is 21.1. The molecule has 316 valence electrons. The van der Waals surface area contributed by atoms with Crippen LogP contribution in [0.2, 0.25) is 0 Å².